The number of aryl methyl sites for hydroxylation is 1. The summed E-state index contributed by atoms with van der Waals surface area (Å²) in [6, 6.07) is 7.53. The van der Waals surface area contributed by atoms with Gasteiger partial charge in [0, 0.05) is 31.9 Å². The van der Waals surface area contributed by atoms with Crippen molar-refractivity contribution in [3.05, 3.63) is 47.8 Å². The van der Waals surface area contributed by atoms with E-state index in [1.54, 1.807) is 10.9 Å². The zero-order valence-corrected chi connectivity index (χ0v) is 18.7. The van der Waals surface area contributed by atoms with Gasteiger partial charge in [-0.05, 0) is 38.5 Å². The van der Waals surface area contributed by atoms with E-state index in [0.29, 0.717) is 19.0 Å². The van der Waals surface area contributed by atoms with Crippen LogP contribution in [0.2, 0.25) is 0 Å². The fraction of sp³-hybridized carbons (Fsp3) is 0.474. The average Bonchev–Trinajstić information content (AvgIpc) is 3.02. The Morgan fingerprint density at radius 1 is 1.33 bits per heavy atom. The van der Waals surface area contributed by atoms with Gasteiger partial charge in [0.1, 0.15) is 5.75 Å². The normalized spacial score (nSPS) is 12.4. The van der Waals surface area contributed by atoms with Crippen LogP contribution >= 0.6 is 24.0 Å². The van der Waals surface area contributed by atoms with Crippen LogP contribution < -0.4 is 15.4 Å². The third kappa shape index (κ3) is 8.17. The Balaban J connectivity index is 0.00000364. The summed E-state index contributed by atoms with van der Waals surface area (Å²) in [6.45, 7) is 7.58. The molecule has 1 aromatic carbocycles. The van der Waals surface area contributed by atoms with Gasteiger partial charge in [-0.2, -0.15) is 5.10 Å². The first-order chi connectivity index (χ1) is 12.5. The number of hydrogen-bond acceptors (Lipinski definition) is 4. The molecular formula is C19H30IN5O2. The lowest BCUT2D eigenvalue weighted by Gasteiger charge is -2.17. The molecular weight excluding hydrogens is 457 g/mol. The molecule has 0 spiro atoms. The largest absolute Gasteiger partial charge is 0.491 e. The van der Waals surface area contributed by atoms with Crippen LogP contribution in [0.1, 0.15) is 38.0 Å². The SMILES string of the molecule is CCNC(=NCc1cnn(C)c1)NCC(O)c1cccc(OC(C)C)c1.I. The zero-order chi connectivity index (χ0) is 18.9. The second kappa shape index (κ2) is 11.8. The number of aromatic nitrogens is 2. The molecule has 0 radical (unpaired) electrons. The Morgan fingerprint density at radius 2 is 2.11 bits per heavy atom. The molecule has 0 saturated carbocycles. The number of rotatable bonds is 8. The minimum absolute atomic E-state index is 0. The first-order valence-corrected chi connectivity index (χ1v) is 8.92. The Morgan fingerprint density at radius 3 is 2.74 bits per heavy atom. The molecule has 2 rings (SSSR count). The number of nitrogens with one attached hydrogen (secondary N) is 2. The van der Waals surface area contributed by atoms with Crippen LogP contribution in [0.5, 0.6) is 5.75 Å². The molecule has 3 N–H and O–H groups in total. The minimum atomic E-state index is -0.659. The van der Waals surface area contributed by atoms with Crippen LogP contribution in [0.25, 0.3) is 0 Å². The number of aliphatic hydroxyl groups is 1. The zero-order valence-electron chi connectivity index (χ0n) is 16.3. The number of nitrogens with zero attached hydrogens (tertiary/aromatic N) is 3. The molecule has 1 heterocycles. The fourth-order valence-electron chi connectivity index (χ4n) is 2.44. The summed E-state index contributed by atoms with van der Waals surface area (Å²) >= 11 is 0. The Kier molecular flexibility index (Phi) is 10.2. The van der Waals surface area contributed by atoms with Crippen LogP contribution in [-0.2, 0) is 13.6 Å². The highest BCUT2D eigenvalue weighted by molar-refractivity contribution is 14.0. The third-order valence-corrected chi connectivity index (χ3v) is 3.60. The van der Waals surface area contributed by atoms with Crippen LogP contribution in [-0.4, -0.2) is 40.0 Å². The Hall–Kier alpha value is -1.81. The maximum Gasteiger partial charge on any atom is 0.191 e. The van der Waals surface area contributed by atoms with E-state index in [2.05, 4.69) is 20.7 Å². The van der Waals surface area contributed by atoms with Gasteiger partial charge in [0.25, 0.3) is 0 Å². The smallest absolute Gasteiger partial charge is 0.191 e. The molecule has 2 aromatic rings. The Labute approximate surface area is 178 Å². The molecule has 0 fully saturated rings. The first kappa shape index (κ1) is 23.2. The standard InChI is InChI=1S/C19H29N5O2.HI/c1-5-20-19(21-10-15-11-23-24(4)13-15)22-12-18(25)16-7-6-8-17(9-16)26-14(2)3;/h6-9,11,13-14,18,25H,5,10,12H2,1-4H3,(H2,20,21,22);1H. The maximum absolute atomic E-state index is 10.5. The molecule has 0 aliphatic carbocycles. The Bertz CT molecular complexity index is 718. The average molecular weight is 487 g/mol. The van der Waals surface area contributed by atoms with Crippen LogP contribution in [0, 0.1) is 0 Å². The van der Waals surface area contributed by atoms with Crippen molar-refractivity contribution in [1.29, 1.82) is 0 Å². The predicted molar refractivity (Wildman–Crippen MR) is 119 cm³/mol. The first-order valence-electron chi connectivity index (χ1n) is 8.92. The van der Waals surface area contributed by atoms with Gasteiger partial charge in [-0.15, -0.1) is 24.0 Å². The number of benzene rings is 1. The van der Waals surface area contributed by atoms with Gasteiger partial charge in [0.05, 0.1) is 24.9 Å². The predicted octanol–water partition coefficient (Wildman–Crippen LogP) is 2.61. The number of halogens is 1. The maximum atomic E-state index is 10.5. The monoisotopic (exact) mass is 487 g/mol. The number of aliphatic imine (C=N–C) groups is 1. The number of hydrogen-bond donors (Lipinski definition) is 3. The van der Waals surface area contributed by atoms with E-state index in [1.165, 1.54) is 0 Å². The molecule has 0 aliphatic rings. The quantitative estimate of drug-likeness (QED) is 0.303. The van der Waals surface area contributed by atoms with Gasteiger partial charge in [-0.3, -0.25) is 4.68 Å². The molecule has 0 amide bonds. The fourth-order valence-corrected chi connectivity index (χ4v) is 2.44. The molecule has 8 heteroatoms. The van der Waals surface area contributed by atoms with Crippen molar-refractivity contribution in [2.45, 2.75) is 39.5 Å². The molecule has 1 atom stereocenters. The molecule has 0 saturated heterocycles. The third-order valence-electron chi connectivity index (χ3n) is 3.60. The molecule has 1 unspecified atom stereocenters. The van der Waals surface area contributed by atoms with Gasteiger partial charge < -0.3 is 20.5 Å². The summed E-state index contributed by atoms with van der Waals surface area (Å²) < 4.78 is 7.43. The van der Waals surface area contributed by atoms with E-state index in [4.69, 9.17) is 4.74 Å². The molecule has 0 bridgehead atoms. The highest BCUT2D eigenvalue weighted by Gasteiger charge is 2.10. The van der Waals surface area contributed by atoms with Crippen molar-refractivity contribution in [3.8, 4) is 5.75 Å². The summed E-state index contributed by atoms with van der Waals surface area (Å²) in [5, 5.41) is 21.0. The van der Waals surface area contributed by atoms with Crippen molar-refractivity contribution < 1.29 is 9.84 Å². The lowest BCUT2D eigenvalue weighted by Crippen LogP contribution is -2.39. The van der Waals surface area contributed by atoms with E-state index in [1.807, 2.05) is 58.3 Å². The summed E-state index contributed by atoms with van der Waals surface area (Å²) in [7, 11) is 1.88. The van der Waals surface area contributed by atoms with Crippen LogP contribution in [0.4, 0.5) is 0 Å². The number of aliphatic hydroxyl groups excluding tert-OH is 1. The van der Waals surface area contributed by atoms with Crippen molar-refractivity contribution in [1.82, 2.24) is 20.4 Å². The highest BCUT2D eigenvalue weighted by Crippen LogP contribution is 2.19. The minimum Gasteiger partial charge on any atom is -0.491 e. The molecule has 150 valence electrons. The topological polar surface area (TPSA) is 83.7 Å². The second-order valence-corrected chi connectivity index (χ2v) is 6.35. The van der Waals surface area contributed by atoms with Gasteiger partial charge in [-0.1, -0.05) is 12.1 Å². The summed E-state index contributed by atoms with van der Waals surface area (Å²) in [5.74, 6) is 1.42. The lowest BCUT2D eigenvalue weighted by atomic mass is 10.1. The van der Waals surface area contributed by atoms with Gasteiger partial charge in [0.2, 0.25) is 0 Å². The van der Waals surface area contributed by atoms with E-state index in [9.17, 15) is 5.11 Å². The van der Waals surface area contributed by atoms with Gasteiger partial charge in [-0.25, -0.2) is 4.99 Å². The van der Waals surface area contributed by atoms with Crippen LogP contribution in [0.3, 0.4) is 0 Å². The summed E-state index contributed by atoms with van der Waals surface area (Å²) in [5.41, 5.74) is 1.84. The van der Waals surface area contributed by atoms with Crippen molar-refractivity contribution in [2.75, 3.05) is 13.1 Å². The van der Waals surface area contributed by atoms with Crippen molar-refractivity contribution in [3.63, 3.8) is 0 Å². The lowest BCUT2D eigenvalue weighted by molar-refractivity contribution is 0.179. The van der Waals surface area contributed by atoms with Gasteiger partial charge in [0.15, 0.2) is 5.96 Å². The molecule has 1 aromatic heterocycles. The van der Waals surface area contributed by atoms with E-state index >= 15 is 0 Å². The number of guanidine groups is 1. The van der Waals surface area contributed by atoms with Crippen molar-refractivity contribution in [2.24, 2.45) is 12.0 Å². The molecule has 27 heavy (non-hydrogen) atoms. The summed E-state index contributed by atoms with van der Waals surface area (Å²) in [6.07, 6.45) is 3.16. The van der Waals surface area contributed by atoms with Gasteiger partial charge >= 0.3 is 0 Å². The summed E-state index contributed by atoms with van der Waals surface area (Å²) in [4.78, 5) is 4.52. The highest BCUT2D eigenvalue weighted by atomic mass is 127. The molecule has 0 aliphatic heterocycles. The second-order valence-electron chi connectivity index (χ2n) is 6.35. The van der Waals surface area contributed by atoms with Crippen LogP contribution in [0.15, 0.2) is 41.7 Å². The van der Waals surface area contributed by atoms with Crippen molar-refractivity contribution >= 4 is 29.9 Å². The van der Waals surface area contributed by atoms with E-state index in [0.717, 1.165) is 23.4 Å². The van der Waals surface area contributed by atoms with E-state index < -0.39 is 6.10 Å². The van der Waals surface area contributed by atoms with E-state index in [-0.39, 0.29) is 30.1 Å². The number of ether oxygens (including phenoxy) is 1. The molecule has 7 nitrogen and oxygen atoms in total.